The fourth-order valence-corrected chi connectivity index (χ4v) is 2.48. The monoisotopic (exact) mass is 251 g/mol. The first kappa shape index (κ1) is 13.0. The van der Waals surface area contributed by atoms with Gasteiger partial charge in [-0.05, 0) is 49.6 Å². The van der Waals surface area contributed by atoms with E-state index in [0.29, 0.717) is 13.1 Å². The predicted molar refractivity (Wildman–Crippen MR) is 66.8 cm³/mol. The minimum Gasteiger partial charge on any atom is -0.481 e. The van der Waals surface area contributed by atoms with E-state index < -0.39 is 5.97 Å². The smallest absolute Gasteiger partial charge is 0.307 e. The van der Waals surface area contributed by atoms with Crippen molar-refractivity contribution >= 4 is 5.97 Å². The van der Waals surface area contributed by atoms with Crippen molar-refractivity contribution in [2.75, 3.05) is 13.1 Å². The Morgan fingerprint density at radius 1 is 1.56 bits per heavy atom. The molecule has 1 saturated heterocycles. The number of carbonyl (C=O) groups is 1. The van der Waals surface area contributed by atoms with Crippen LogP contribution in [0.5, 0.6) is 0 Å². The predicted octanol–water partition coefficient (Wildman–Crippen LogP) is 2.43. The zero-order chi connectivity index (χ0) is 13.1. The molecule has 1 aromatic carbocycles. The van der Waals surface area contributed by atoms with Crippen molar-refractivity contribution in [1.29, 1.82) is 0 Å². The summed E-state index contributed by atoms with van der Waals surface area (Å²) in [5.74, 6) is -1.20. The Labute approximate surface area is 106 Å². The van der Waals surface area contributed by atoms with Gasteiger partial charge in [0.05, 0.1) is 5.92 Å². The molecule has 0 spiro atoms. The van der Waals surface area contributed by atoms with E-state index in [9.17, 15) is 9.18 Å². The van der Waals surface area contributed by atoms with E-state index in [0.717, 1.165) is 30.5 Å². The minimum absolute atomic E-state index is 0.224. The number of nitrogens with zero attached hydrogens (tertiary/aromatic N) is 1. The van der Waals surface area contributed by atoms with Gasteiger partial charge in [-0.2, -0.15) is 0 Å². The van der Waals surface area contributed by atoms with Crippen LogP contribution in [0.25, 0.3) is 0 Å². The Morgan fingerprint density at radius 2 is 2.33 bits per heavy atom. The van der Waals surface area contributed by atoms with Crippen molar-refractivity contribution in [2.24, 2.45) is 5.92 Å². The molecular formula is C14H18FNO2. The van der Waals surface area contributed by atoms with E-state index in [2.05, 4.69) is 4.90 Å². The van der Waals surface area contributed by atoms with Crippen molar-refractivity contribution in [3.8, 4) is 0 Å². The molecule has 1 unspecified atom stereocenters. The largest absolute Gasteiger partial charge is 0.481 e. The van der Waals surface area contributed by atoms with E-state index in [1.807, 2.05) is 6.92 Å². The Bertz CT molecular complexity index is 447. The molecule has 18 heavy (non-hydrogen) atoms. The second kappa shape index (κ2) is 5.48. The van der Waals surface area contributed by atoms with Crippen LogP contribution in [-0.4, -0.2) is 29.1 Å². The zero-order valence-corrected chi connectivity index (χ0v) is 10.5. The average molecular weight is 251 g/mol. The van der Waals surface area contributed by atoms with Crippen molar-refractivity contribution in [1.82, 2.24) is 4.90 Å². The summed E-state index contributed by atoms with van der Waals surface area (Å²) in [6, 6.07) is 4.77. The lowest BCUT2D eigenvalue weighted by molar-refractivity contribution is -0.143. The van der Waals surface area contributed by atoms with Crippen molar-refractivity contribution < 1.29 is 14.3 Å². The first-order valence-electron chi connectivity index (χ1n) is 6.26. The zero-order valence-electron chi connectivity index (χ0n) is 10.5. The highest BCUT2D eigenvalue weighted by atomic mass is 19.1. The van der Waals surface area contributed by atoms with Crippen LogP contribution in [0.2, 0.25) is 0 Å². The van der Waals surface area contributed by atoms with Gasteiger partial charge in [0.1, 0.15) is 5.82 Å². The summed E-state index contributed by atoms with van der Waals surface area (Å²) in [5.41, 5.74) is 2.00. The first-order chi connectivity index (χ1) is 8.56. The van der Waals surface area contributed by atoms with Crippen LogP contribution in [-0.2, 0) is 11.3 Å². The number of hydrogen-bond acceptors (Lipinski definition) is 2. The van der Waals surface area contributed by atoms with Gasteiger partial charge >= 0.3 is 5.97 Å². The lowest BCUT2D eigenvalue weighted by atomic mass is 9.97. The number of carboxylic acids is 1. The summed E-state index contributed by atoms with van der Waals surface area (Å²) in [5, 5.41) is 9.04. The van der Waals surface area contributed by atoms with Crippen LogP contribution in [0.3, 0.4) is 0 Å². The average Bonchev–Trinajstić information content (AvgIpc) is 2.33. The van der Waals surface area contributed by atoms with E-state index in [1.54, 1.807) is 6.07 Å². The quantitative estimate of drug-likeness (QED) is 0.897. The third-order valence-electron chi connectivity index (χ3n) is 3.55. The normalized spacial score (nSPS) is 20.9. The van der Waals surface area contributed by atoms with Crippen LogP contribution < -0.4 is 0 Å². The Hall–Kier alpha value is -1.42. The van der Waals surface area contributed by atoms with Crippen LogP contribution in [0.1, 0.15) is 24.0 Å². The van der Waals surface area contributed by atoms with Gasteiger partial charge in [-0.1, -0.05) is 6.07 Å². The van der Waals surface area contributed by atoms with Gasteiger partial charge < -0.3 is 5.11 Å². The fourth-order valence-electron chi connectivity index (χ4n) is 2.48. The summed E-state index contributed by atoms with van der Waals surface area (Å²) in [4.78, 5) is 13.1. The third kappa shape index (κ3) is 3.07. The van der Waals surface area contributed by atoms with E-state index in [1.165, 1.54) is 12.1 Å². The SMILES string of the molecule is Cc1cc(F)ccc1CN1CCCC(C(=O)O)C1. The van der Waals surface area contributed by atoms with E-state index in [4.69, 9.17) is 5.11 Å². The molecule has 1 atom stereocenters. The molecular weight excluding hydrogens is 233 g/mol. The minimum atomic E-state index is -0.712. The second-order valence-electron chi connectivity index (χ2n) is 4.98. The molecule has 0 aliphatic carbocycles. The van der Waals surface area contributed by atoms with Crippen molar-refractivity contribution in [2.45, 2.75) is 26.3 Å². The van der Waals surface area contributed by atoms with Gasteiger partial charge in [-0.3, -0.25) is 9.69 Å². The Morgan fingerprint density at radius 3 is 3.00 bits per heavy atom. The number of rotatable bonds is 3. The van der Waals surface area contributed by atoms with Crippen LogP contribution in [0.15, 0.2) is 18.2 Å². The van der Waals surface area contributed by atoms with Gasteiger partial charge in [0.2, 0.25) is 0 Å². The van der Waals surface area contributed by atoms with Gasteiger partial charge in [0.25, 0.3) is 0 Å². The number of halogens is 1. The molecule has 0 radical (unpaired) electrons. The summed E-state index contributed by atoms with van der Waals surface area (Å²) in [6.07, 6.45) is 1.67. The molecule has 98 valence electrons. The second-order valence-corrected chi connectivity index (χ2v) is 4.98. The van der Waals surface area contributed by atoms with Crippen LogP contribution in [0.4, 0.5) is 4.39 Å². The van der Waals surface area contributed by atoms with Gasteiger partial charge in [-0.25, -0.2) is 4.39 Å². The number of benzene rings is 1. The standard InChI is InChI=1S/C14H18FNO2/c1-10-7-13(15)5-4-11(10)8-16-6-2-3-12(9-16)14(17)18/h4-5,7,12H,2-3,6,8-9H2,1H3,(H,17,18). The molecule has 2 rings (SSSR count). The third-order valence-corrected chi connectivity index (χ3v) is 3.55. The molecule has 1 aromatic rings. The Balaban J connectivity index is 2.02. The number of aryl methyl sites for hydroxylation is 1. The number of hydrogen-bond donors (Lipinski definition) is 1. The summed E-state index contributed by atoms with van der Waals surface area (Å²) >= 11 is 0. The number of carboxylic acid groups (broad SMARTS) is 1. The fraction of sp³-hybridized carbons (Fsp3) is 0.500. The Kier molecular flexibility index (Phi) is 3.97. The summed E-state index contributed by atoms with van der Waals surface area (Å²) < 4.78 is 13.0. The van der Waals surface area contributed by atoms with E-state index in [-0.39, 0.29) is 11.7 Å². The lowest BCUT2D eigenvalue weighted by Crippen LogP contribution is -2.38. The highest BCUT2D eigenvalue weighted by molar-refractivity contribution is 5.70. The molecule has 1 fully saturated rings. The van der Waals surface area contributed by atoms with Crippen molar-refractivity contribution in [3.05, 3.63) is 35.1 Å². The number of likely N-dealkylation sites (tertiary alicyclic amines) is 1. The molecule has 0 saturated carbocycles. The van der Waals surface area contributed by atoms with Crippen molar-refractivity contribution in [3.63, 3.8) is 0 Å². The molecule has 1 N–H and O–H groups in total. The van der Waals surface area contributed by atoms with Crippen LogP contribution in [0, 0.1) is 18.7 Å². The maximum absolute atomic E-state index is 13.0. The molecule has 1 heterocycles. The van der Waals surface area contributed by atoms with Gasteiger partial charge in [0, 0.05) is 13.1 Å². The van der Waals surface area contributed by atoms with Gasteiger partial charge in [0.15, 0.2) is 0 Å². The molecule has 0 aromatic heterocycles. The van der Waals surface area contributed by atoms with Crippen LogP contribution >= 0.6 is 0 Å². The lowest BCUT2D eigenvalue weighted by Gasteiger charge is -2.31. The highest BCUT2D eigenvalue weighted by Gasteiger charge is 2.25. The maximum atomic E-state index is 13.0. The molecule has 3 nitrogen and oxygen atoms in total. The molecule has 4 heteroatoms. The van der Waals surface area contributed by atoms with Gasteiger partial charge in [-0.15, -0.1) is 0 Å². The molecule has 1 aliphatic rings. The highest BCUT2D eigenvalue weighted by Crippen LogP contribution is 2.20. The molecule has 0 amide bonds. The molecule has 1 aliphatic heterocycles. The molecule has 0 bridgehead atoms. The first-order valence-corrected chi connectivity index (χ1v) is 6.26. The topological polar surface area (TPSA) is 40.5 Å². The number of piperidine rings is 1. The summed E-state index contributed by atoms with van der Waals surface area (Å²) in [6.45, 7) is 4.10. The number of aliphatic carboxylic acids is 1. The summed E-state index contributed by atoms with van der Waals surface area (Å²) in [7, 11) is 0. The van der Waals surface area contributed by atoms with E-state index >= 15 is 0 Å². The maximum Gasteiger partial charge on any atom is 0.307 e.